The summed E-state index contributed by atoms with van der Waals surface area (Å²) in [7, 11) is 0. The maximum absolute atomic E-state index is 13.6. The second-order valence-corrected chi connectivity index (χ2v) is 6.65. The lowest BCUT2D eigenvalue weighted by atomic mass is 10.2. The third-order valence-electron chi connectivity index (χ3n) is 2.89. The molecule has 114 valence electrons. The highest BCUT2D eigenvalue weighted by molar-refractivity contribution is 7.98. The van der Waals surface area contributed by atoms with Crippen molar-refractivity contribution in [3.63, 3.8) is 0 Å². The Hall–Kier alpha value is -1.80. The molecule has 0 saturated heterocycles. The van der Waals surface area contributed by atoms with E-state index in [0.717, 1.165) is 33.4 Å². The van der Waals surface area contributed by atoms with Crippen molar-refractivity contribution in [2.24, 2.45) is 0 Å². The minimum atomic E-state index is -0.861. The highest BCUT2D eigenvalue weighted by Gasteiger charge is 2.16. The zero-order valence-corrected chi connectivity index (χ0v) is 13.4. The van der Waals surface area contributed by atoms with Crippen molar-refractivity contribution in [3.8, 4) is 10.8 Å². The molecule has 0 N–H and O–H groups in total. The zero-order chi connectivity index (χ0) is 15.7. The van der Waals surface area contributed by atoms with Gasteiger partial charge in [-0.05, 0) is 19.9 Å². The standard InChI is InChI=1S/C14H11F2N3OS2/c1-7-12(22-8(2)17-7)13-18-19-14(20-13)21-6-9-4-3-5-10(15)11(9)16/h3-5H,6H2,1-2H3. The predicted octanol–water partition coefficient (Wildman–Crippen LogP) is 4.38. The summed E-state index contributed by atoms with van der Waals surface area (Å²) in [6, 6.07) is 4.08. The number of rotatable bonds is 4. The summed E-state index contributed by atoms with van der Waals surface area (Å²) in [5.74, 6) is -1.10. The number of hydrogen-bond acceptors (Lipinski definition) is 6. The SMILES string of the molecule is Cc1nc(C)c(-c2nnc(SCc3cccc(F)c3F)o2)s1. The van der Waals surface area contributed by atoms with Gasteiger partial charge in [0.15, 0.2) is 11.6 Å². The van der Waals surface area contributed by atoms with Gasteiger partial charge in [0.1, 0.15) is 4.88 Å². The molecule has 0 fully saturated rings. The van der Waals surface area contributed by atoms with E-state index in [1.54, 1.807) is 0 Å². The maximum Gasteiger partial charge on any atom is 0.277 e. The second-order valence-electron chi connectivity index (χ2n) is 4.52. The Labute approximate surface area is 133 Å². The largest absolute Gasteiger partial charge is 0.410 e. The summed E-state index contributed by atoms with van der Waals surface area (Å²) in [4.78, 5) is 5.13. The molecule has 0 unspecified atom stereocenters. The maximum atomic E-state index is 13.6. The molecule has 0 spiro atoms. The number of nitrogens with zero attached hydrogens (tertiary/aromatic N) is 3. The highest BCUT2D eigenvalue weighted by atomic mass is 32.2. The minimum Gasteiger partial charge on any atom is -0.410 e. The Bertz CT molecular complexity index is 816. The molecule has 3 aromatic rings. The van der Waals surface area contributed by atoms with Gasteiger partial charge in [-0.15, -0.1) is 21.5 Å². The number of thiazole rings is 1. The third-order valence-corrected chi connectivity index (χ3v) is 4.82. The molecule has 0 bridgehead atoms. The van der Waals surface area contributed by atoms with Crippen molar-refractivity contribution < 1.29 is 13.2 Å². The average molecular weight is 339 g/mol. The van der Waals surface area contributed by atoms with Gasteiger partial charge in [0.05, 0.1) is 10.7 Å². The van der Waals surface area contributed by atoms with Gasteiger partial charge in [-0.1, -0.05) is 23.9 Å². The predicted molar refractivity (Wildman–Crippen MR) is 80.8 cm³/mol. The van der Waals surface area contributed by atoms with E-state index in [4.69, 9.17) is 4.42 Å². The van der Waals surface area contributed by atoms with Crippen molar-refractivity contribution in [1.29, 1.82) is 0 Å². The van der Waals surface area contributed by atoms with Gasteiger partial charge in [-0.3, -0.25) is 0 Å². The van der Waals surface area contributed by atoms with Crippen LogP contribution in [0, 0.1) is 25.5 Å². The summed E-state index contributed by atoms with van der Waals surface area (Å²) in [5.41, 5.74) is 1.09. The van der Waals surface area contributed by atoms with E-state index in [1.807, 2.05) is 13.8 Å². The van der Waals surface area contributed by atoms with E-state index >= 15 is 0 Å². The van der Waals surface area contributed by atoms with Crippen LogP contribution < -0.4 is 0 Å². The number of hydrogen-bond donors (Lipinski definition) is 0. The van der Waals surface area contributed by atoms with Crippen molar-refractivity contribution in [2.45, 2.75) is 24.8 Å². The Morgan fingerprint density at radius 2 is 2.05 bits per heavy atom. The Kier molecular flexibility index (Phi) is 4.21. The molecule has 8 heteroatoms. The second kappa shape index (κ2) is 6.13. The highest BCUT2D eigenvalue weighted by Crippen LogP contribution is 2.31. The van der Waals surface area contributed by atoms with E-state index < -0.39 is 11.6 Å². The van der Waals surface area contributed by atoms with Crippen molar-refractivity contribution in [2.75, 3.05) is 0 Å². The number of benzene rings is 1. The lowest BCUT2D eigenvalue weighted by Gasteiger charge is -2.00. The van der Waals surface area contributed by atoms with Gasteiger partial charge >= 0.3 is 0 Å². The molecule has 0 amide bonds. The Morgan fingerprint density at radius 3 is 2.77 bits per heavy atom. The number of aromatic nitrogens is 3. The molecule has 2 aromatic heterocycles. The van der Waals surface area contributed by atoms with Crippen LogP contribution in [-0.4, -0.2) is 15.2 Å². The van der Waals surface area contributed by atoms with E-state index in [9.17, 15) is 8.78 Å². The summed E-state index contributed by atoms with van der Waals surface area (Å²) in [6.45, 7) is 3.78. The molecule has 3 rings (SSSR count). The van der Waals surface area contributed by atoms with Crippen LogP contribution in [0.5, 0.6) is 0 Å². The van der Waals surface area contributed by atoms with Gasteiger partial charge < -0.3 is 4.42 Å². The van der Waals surface area contributed by atoms with Gasteiger partial charge in [0.2, 0.25) is 0 Å². The molecular formula is C14H11F2N3OS2. The molecule has 2 heterocycles. The monoisotopic (exact) mass is 339 g/mol. The van der Waals surface area contributed by atoms with Gasteiger partial charge in [-0.25, -0.2) is 13.8 Å². The fraction of sp³-hybridized carbons (Fsp3) is 0.214. The fourth-order valence-corrected chi connectivity index (χ4v) is 3.47. The van der Waals surface area contributed by atoms with E-state index in [2.05, 4.69) is 15.2 Å². The first-order valence-corrected chi connectivity index (χ1v) is 8.18. The quantitative estimate of drug-likeness (QED) is 0.660. The number of halogens is 2. The molecule has 0 atom stereocenters. The lowest BCUT2D eigenvalue weighted by Crippen LogP contribution is -1.91. The topological polar surface area (TPSA) is 51.8 Å². The van der Waals surface area contributed by atoms with Crippen molar-refractivity contribution >= 4 is 23.1 Å². The molecule has 22 heavy (non-hydrogen) atoms. The summed E-state index contributed by atoms with van der Waals surface area (Å²) >= 11 is 2.64. The van der Waals surface area contributed by atoms with E-state index in [-0.39, 0.29) is 11.3 Å². The Morgan fingerprint density at radius 1 is 1.23 bits per heavy atom. The van der Waals surface area contributed by atoms with Gasteiger partial charge in [0.25, 0.3) is 11.1 Å². The molecule has 0 aliphatic heterocycles. The van der Waals surface area contributed by atoms with Crippen LogP contribution in [0.25, 0.3) is 10.8 Å². The summed E-state index contributed by atoms with van der Waals surface area (Å²) in [5, 5.41) is 9.12. The van der Waals surface area contributed by atoms with Gasteiger partial charge in [-0.2, -0.15) is 0 Å². The van der Waals surface area contributed by atoms with E-state index in [0.29, 0.717) is 11.1 Å². The molecule has 0 radical (unpaired) electrons. The molecule has 4 nitrogen and oxygen atoms in total. The first kappa shape index (κ1) is 15.1. The van der Waals surface area contributed by atoms with Crippen molar-refractivity contribution in [3.05, 3.63) is 46.1 Å². The van der Waals surface area contributed by atoms with Crippen molar-refractivity contribution in [1.82, 2.24) is 15.2 Å². The molecular weight excluding hydrogens is 328 g/mol. The fourth-order valence-electron chi connectivity index (χ4n) is 1.89. The van der Waals surface area contributed by atoms with Crippen LogP contribution in [0.1, 0.15) is 16.3 Å². The van der Waals surface area contributed by atoms with Crippen LogP contribution >= 0.6 is 23.1 Å². The lowest BCUT2D eigenvalue weighted by molar-refractivity contribution is 0.466. The normalized spacial score (nSPS) is 11.1. The summed E-state index contributed by atoms with van der Waals surface area (Å²) in [6.07, 6.45) is 0. The molecule has 0 aliphatic carbocycles. The molecule has 0 saturated carbocycles. The van der Waals surface area contributed by atoms with Crippen LogP contribution in [0.3, 0.4) is 0 Å². The first-order chi connectivity index (χ1) is 10.5. The number of aryl methyl sites for hydroxylation is 2. The summed E-state index contributed by atoms with van der Waals surface area (Å²) < 4.78 is 32.3. The van der Waals surface area contributed by atoms with Gasteiger partial charge in [0, 0.05) is 11.3 Å². The minimum absolute atomic E-state index is 0.214. The first-order valence-electron chi connectivity index (χ1n) is 6.38. The average Bonchev–Trinajstić information content (AvgIpc) is 3.07. The van der Waals surface area contributed by atoms with Crippen LogP contribution in [0.15, 0.2) is 27.8 Å². The number of thioether (sulfide) groups is 1. The molecule has 0 aliphatic rings. The third kappa shape index (κ3) is 3.02. The smallest absolute Gasteiger partial charge is 0.277 e. The molecule has 1 aromatic carbocycles. The Balaban J connectivity index is 1.75. The van der Waals surface area contributed by atoms with Crippen LogP contribution in [0.4, 0.5) is 8.78 Å². The zero-order valence-electron chi connectivity index (χ0n) is 11.8. The van der Waals surface area contributed by atoms with Crippen LogP contribution in [-0.2, 0) is 5.75 Å². The van der Waals surface area contributed by atoms with E-state index in [1.165, 1.54) is 23.5 Å². The van der Waals surface area contributed by atoms with Crippen LogP contribution in [0.2, 0.25) is 0 Å².